The van der Waals surface area contributed by atoms with Gasteiger partial charge in [0.1, 0.15) is 0 Å². The number of rotatable bonds is 3. The van der Waals surface area contributed by atoms with Crippen molar-refractivity contribution in [3.8, 4) is 0 Å². The third-order valence-electron chi connectivity index (χ3n) is 2.32. The molecule has 0 atom stereocenters. The highest BCUT2D eigenvalue weighted by Crippen LogP contribution is 2.20. The lowest BCUT2D eigenvalue weighted by molar-refractivity contribution is -0.105. The summed E-state index contributed by atoms with van der Waals surface area (Å²) in [5.41, 5.74) is 9.52. The molecule has 0 saturated heterocycles. The van der Waals surface area contributed by atoms with E-state index in [1.54, 1.807) is 30.0 Å². The number of hydrogen-bond donors (Lipinski definition) is 2. The SMILES string of the molecule is CN=C(N)N/C(C=O)=C\c1ccc2ncsc2c1. The molecule has 92 valence electrons. The molecule has 0 amide bonds. The minimum Gasteiger partial charge on any atom is -0.370 e. The molecule has 1 aromatic heterocycles. The lowest BCUT2D eigenvalue weighted by Crippen LogP contribution is -2.31. The van der Waals surface area contributed by atoms with Gasteiger partial charge in [0.05, 0.1) is 21.4 Å². The topological polar surface area (TPSA) is 80.4 Å². The number of nitrogens with two attached hydrogens (primary N) is 1. The number of aldehydes is 1. The number of aromatic nitrogens is 1. The number of guanidine groups is 1. The average molecular weight is 260 g/mol. The number of fused-ring (bicyclic) bond motifs is 1. The average Bonchev–Trinajstić information content (AvgIpc) is 2.85. The number of nitrogens with one attached hydrogen (secondary N) is 1. The minimum atomic E-state index is 0.201. The highest BCUT2D eigenvalue weighted by atomic mass is 32.1. The van der Waals surface area contributed by atoms with Gasteiger partial charge in [-0.1, -0.05) is 6.07 Å². The summed E-state index contributed by atoms with van der Waals surface area (Å²) in [5, 5.41) is 2.72. The van der Waals surface area contributed by atoms with Crippen molar-refractivity contribution < 1.29 is 4.79 Å². The van der Waals surface area contributed by atoms with Crippen molar-refractivity contribution in [2.24, 2.45) is 10.7 Å². The number of thiazole rings is 1. The van der Waals surface area contributed by atoms with Crippen molar-refractivity contribution in [2.45, 2.75) is 0 Å². The number of carbonyl (C=O) groups excluding carboxylic acids is 1. The highest BCUT2D eigenvalue weighted by Gasteiger charge is 2.00. The summed E-state index contributed by atoms with van der Waals surface area (Å²) in [6, 6.07) is 5.78. The number of benzene rings is 1. The number of allylic oxidation sites excluding steroid dienone is 1. The van der Waals surface area contributed by atoms with E-state index < -0.39 is 0 Å². The van der Waals surface area contributed by atoms with Gasteiger partial charge >= 0.3 is 0 Å². The molecule has 0 aliphatic rings. The molecule has 0 saturated carbocycles. The van der Waals surface area contributed by atoms with E-state index in [2.05, 4.69) is 15.3 Å². The highest BCUT2D eigenvalue weighted by molar-refractivity contribution is 7.16. The zero-order valence-corrected chi connectivity index (χ0v) is 10.6. The maximum atomic E-state index is 10.9. The van der Waals surface area contributed by atoms with Gasteiger partial charge in [-0.25, -0.2) is 4.98 Å². The van der Waals surface area contributed by atoms with Gasteiger partial charge in [0, 0.05) is 7.05 Å². The Kier molecular flexibility index (Phi) is 3.69. The first-order chi connectivity index (χ1) is 8.72. The van der Waals surface area contributed by atoms with E-state index in [1.165, 1.54) is 0 Å². The van der Waals surface area contributed by atoms with E-state index in [9.17, 15) is 4.79 Å². The van der Waals surface area contributed by atoms with Gasteiger partial charge in [0.25, 0.3) is 0 Å². The van der Waals surface area contributed by atoms with Gasteiger partial charge in [-0.2, -0.15) is 0 Å². The summed E-state index contributed by atoms with van der Waals surface area (Å²) in [4.78, 5) is 18.9. The van der Waals surface area contributed by atoms with Crippen molar-refractivity contribution in [3.05, 3.63) is 35.0 Å². The van der Waals surface area contributed by atoms with Crippen molar-refractivity contribution in [1.29, 1.82) is 0 Å². The summed E-state index contributed by atoms with van der Waals surface area (Å²) in [5.74, 6) is 0.201. The molecular weight excluding hydrogens is 248 g/mol. The first kappa shape index (κ1) is 12.3. The zero-order valence-electron chi connectivity index (χ0n) is 9.75. The maximum absolute atomic E-state index is 10.9. The van der Waals surface area contributed by atoms with Crippen molar-refractivity contribution >= 4 is 39.9 Å². The van der Waals surface area contributed by atoms with Crippen LogP contribution in [0.1, 0.15) is 5.56 Å². The van der Waals surface area contributed by atoms with E-state index in [0.29, 0.717) is 12.0 Å². The molecule has 1 aromatic carbocycles. The lowest BCUT2D eigenvalue weighted by Gasteiger charge is -2.03. The normalized spacial score (nSPS) is 12.7. The van der Waals surface area contributed by atoms with Crippen molar-refractivity contribution in [1.82, 2.24) is 10.3 Å². The second-order valence-electron chi connectivity index (χ2n) is 3.53. The predicted molar refractivity (Wildman–Crippen MR) is 74.3 cm³/mol. The second-order valence-corrected chi connectivity index (χ2v) is 4.42. The Morgan fingerprint density at radius 1 is 1.56 bits per heavy atom. The van der Waals surface area contributed by atoms with Gasteiger partial charge in [-0.3, -0.25) is 9.79 Å². The Bertz CT molecular complexity index is 630. The van der Waals surface area contributed by atoms with Crippen LogP contribution in [0.3, 0.4) is 0 Å². The van der Waals surface area contributed by atoms with Crippen LogP contribution in [0.25, 0.3) is 16.3 Å². The first-order valence-corrected chi connectivity index (χ1v) is 6.10. The van der Waals surface area contributed by atoms with E-state index in [4.69, 9.17) is 5.73 Å². The molecule has 0 spiro atoms. The minimum absolute atomic E-state index is 0.201. The fourth-order valence-corrected chi connectivity index (χ4v) is 2.17. The van der Waals surface area contributed by atoms with Gasteiger partial charge in [0.2, 0.25) is 0 Å². The molecule has 18 heavy (non-hydrogen) atoms. The van der Waals surface area contributed by atoms with Crippen LogP contribution in [-0.4, -0.2) is 24.3 Å². The van der Waals surface area contributed by atoms with Crippen LogP contribution in [0.5, 0.6) is 0 Å². The number of aliphatic imine (C=N–C) groups is 1. The van der Waals surface area contributed by atoms with Gasteiger partial charge < -0.3 is 11.1 Å². The Morgan fingerprint density at radius 3 is 3.11 bits per heavy atom. The molecule has 2 aromatic rings. The van der Waals surface area contributed by atoms with E-state index in [0.717, 1.165) is 15.8 Å². The fraction of sp³-hybridized carbons (Fsp3) is 0.0833. The van der Waals surface area contributed by atoms with Crippen LogP contribution < -0.4 is 11.1 Å². The maximum Gasteiger partial charge on any atom is 0.192 e. The monoisotopic (exact) mass is 260 g/mol. The third kappa shape index (κ3) is 2.72. The Labute approximate surface area is 108 Å². The molecule has 5 nitrogen and oxygen atoms in total. The number of hydrogen-bond acceptors (Lipinski definition) is 4. The molecule has 6 heteroatoms. The lowest BCUT2D eigenvalue weighted by atomic mass is 10.2. The van der Waals surface area contributed by atoms with Crippen LogP contribution >= 0.6 is 11.3 Å². The zero-order chi connectivity index (χ0) is 13.0. The molecule has 0 bridgehead atoms. The Balaban J connectivity index is 2.31. The van der Waals surface area contributed by atoms with Gasteiger partial charge in [0.15, 0.2) is 12.2 Å². The molecule has 0 unspecified atom stereocenters. The van der Waals surface area contributed by atoms with Crippen LogP contribution in [0.2, 0.25) is 0 Å². The van der Waals surface area contributed by atoms with Crippen molar-refractivity contribution in [2.75, 3.05) is 7.05 Å². The van der Waals surface area contributed by atoms with Gasteiger partial charge in [-0.15, -0.1) is 11.3 Å². The van der Waals surface area contributed by atoms with Gasteiger partial charge in [-0.05, 0) is 23.8 Å². The largest absolute Gasteiger partial charge is 0.370 e. The smallest absolute Gasteiger partial charge is 0.192 e. The van der Waals surface area contributed by atoms with E-state index in [-0.39, 0.29) is 5.96 Å². The van der Waals surface area contributed by atoms with Crippen LogP contribution in [0, 0.1) is 0 Å². The Hall–Kier alpha value is -2.21. The molecule has 0 aliphatic carbocycles. The fourth-order valence-electron chi connectivity index (χ4n) is 1.44. The number of carbonyl (C=O) groups is 1. The molecule has 1 heterocycles. The summed E-state index contributed by atoms with van der Waals surface area (Å²) in [6.07, 6.45) is 2.42. The van der Waals surface area contributed by atoms with E-state index >= 15 is 0 Å². The van der Waals surface area contributed by atoms with Crippen LogP contribution in [0.4, 0.5) is 0 Å². The number of nitrogens with zero attached hydrogens (tertiary/aromatic N) is 2. The molecule has 2 rings (SSSR count). The summed E-state index contributed by atoms with van der Waals surface area (Å²) in [7, 11) is 1.55. The summed E-state index contributed by atoms with van der Waals surface area (Å²) < 4.78 is 1.08. The predicted octanol–water partition coefficient (Wildman–Crippen LogP) is 1.37. The molecule has 0 aliphatic heterocycles. The quantitative estimate of drug-likeness (QED) is 0.378. The third-order valence-corrected chi connectivity index (χ3v) is 3.11. The molecule has 0 radical (unpaired) electrons. The standard InChI is InChI=1S/C12H12N4OS/c1-14-12(13)16-9(6-17)4-8-2-3-10-11(5-8)18-7-15-10/h2-7H,1H3,(H3,13,14,16)/b9-4-. The van der Waals surface area contributed by atoms with Crippen LogP contribution in [0.15, 0.2) is 34.4 Å². The van der Waals surface area contributed by atoms with Crippen LogP contribution in [-0.2, 0) is 4.79 Å². The van der Waals surface area contributed by atoms with E-state index in [1.807, 2.05) is 18.2 Å². The molecule has 3 N–H and O–H groups in total. The second kappa shape index (κ2) is 5.42. The first-order valence-electron chi connectivity index (χ1n) is 5.22. The Morgan fingerprint density at radius 2 is 2.39 bits per heavy atom. The molecular formula is C12H12N4OS. The summed E-state index contributed by atoms with van der Waals surface area (Å²) >= 11 is 1.56. The molecule has 0 fully saturated rings. The summed E-state index contributed by atoms with van der Waals surface area (Å²) in [6.45, 7) is 0. The van der Waals surface area contributed by atoms with Crippen molar-refractivity contribution in [3.63, 3.8) is 0 Å².